The summed E-state index contributed by atoms with van der Waals surface area (Å²) in [5.41, 5.74) is 2.31. The number of rotatable bonds is 6. The van der Waals surface area contributed by atoms with E-state index in [1.165, 1.54) is 6.08 Å². The van der Waals surface area contributed by atoms with Crippen LogP contribution in [0.15, 0.2) is 29.9 Å². The van der Waals surface area contributed by atoms with Crippen LogP contribution >= 0.6 is 0 Å². The lowest BCUT2D eigenvalue weighted by molar-refractivity contribution is -0.134. The number of anilines is 1. The van der Waals surface area contributed by atoms with Crippen LogP contribution in [0.4, 0.5) is 14.6 Å². The number of piperazine rings is 2. The Labute approximate surface area is 195 Å². The van der Waals surface area contributed by atoms with Gasteiger partial charge in [-0.25, -0.2) is 13.5 Å². The van der Waals surface area contributed by atoms with E-state index in [-0.39, 0.29) is 37.1 Å². The Morgan fingerprint density at radius 3 is 2.82 bits per heavy atom. The second kappa shape index (κ2) is 9.45. The van der Waals surface area contributed by atoms with Gasteiger partial charge in [-0.3, -0.25) is 4.79 Å². The highest BCUT2D eigenvalue weighted by Crippen LogP contribution is 2.27. The molecule has 1 atom stereocenters. The molecule has 0 spiro atoms. The average molecular weight is 473 g/mol. The van der Waals surface area contributed by atoms with Crippen molar-refractivity contribution in [2.45, 2.75) is 38.8 Å². The molecule has 1 amide bonds. The van der Waals surface area contributed by atoms with Crippen molar-refractivity contribution in [1.29, 1.82) is 0 Å². The third-order valence-corrected chi connectivity index (χ3v) is 6.40. The van der Waals surface area contributed by atoms with E-state index in [1.54, 1.807) is 22.9 Å². The average Bonchev–Trinajstić information content (AvgIpc) is 3.23. The van der Waals surface area contributed by atoms with Crippen LogP contribution in [0.2, 0.25) is 0 Å². The summed E-state index contributed by atoms with van der Waals surface area (Å²) in [6.45, 7) is 5.29. The van der Waals surface area contributed by atoms with Crippen LogP contribution in [0, 0.1) is 6.92 Å². The Hall–Kier alpha value is -3.41. The number of aromatic nitrogens is 5. The number of fused-ring (bicyclic) bond motifs is 1. The van der Waals surface area contributed by atoms with Gasteiger partial charge in [0.2, 0.25) is 11.8 Å². The number of ether oxygens (including phenoxy) is 1. The number of amides is 1. The topological polar surface area (TPSA) is 101 Å². The largest absolute Gasteiger partial charge is 0.470 e. The number of hydrogen-bond donors (Lipinski definition) is 1. The standard InChI is InChI=1S/C22H26F2N8O2/c1-14-18(32(29-26-14)16-4-2-15(3-5-16)22(23)24)13-34-20-7-6-19(27-28-20)30-11-17-10-25-8-9-31(17)21(33)12-30/h2,4,6-7,17,22,25H,3,5,8-13H2,1H3. The van der Waals surface area contributed by atoms with Crippen molar-refractivity contribution < 1.29 is 18.3 Å². The van der Waals surface area contributed by atoms with Gasteiger partial charge in [0.05, 0.1) is 18.3 Å². The maximum Gasteiger partial charge on any atom is 0.260 e. The van der Waals surface area contributed by atoms with Crippen molar-refractivity contribution in [1.82, 2.24) is 35.4 Å². The van der Waals surface area contributed by atoms with Crippen molar-refractivity contribution in [3.63, 3.8) is 0 Å². The quantitative estimate of drug-likeness (QED) is 0.674. The zero-order chi connectivity index (χ0) is 23.7. The van der Waals surface area contributed by atoms with Crippen LogP contribution in [0.5, 0.6) is 5.88 Å². The first-order valence-electron chi connectivity index (χ1n) is 11.3. The third kappa shape index (κ3) is 4.49. The molecule has 0 radical (unpaired) electrons. The van der Waals surface area contributed by atoms with Crippen LogP contribution in [0.3, 0.4) is 0 Å². The summed E-state index contributed by atoms with van der Waals surface area (Å²) >= 11 is 0. The lowest BCUT2D eigenvalue weighted by atomic mass is 10.0. The predicted octanol–water partition coefficient (Wildman–Crippen LogP) is 1.40. The SMILES string of the molecule is Cc1nnn(C2=CC=C(C(F)F)CC2)c1COc1ccc(N2CC(=O)N3CCNCC3C2)nn1. The molecular weight excluding hydrogens is 446 g/mol. The van der Waals surface area contributed by atoms with E-state index in [0.29, 0.717) is 30.4 Å². The number of nitrogens with zero attached hydrogens (tertiary/aromatic N) is 7. The Morgan fingerprint density at radius 1 is 1.21 bits per heavy atom. The van der Waals surface area contributed by atoms with Gasteiger partial charge in [0, 0.05) is 37.9 Å². The number of hydrogen-bond acceptors (Lipinski definition) is 8. The van der Waals surface area contributed by atoms with Crippen LogP contribution < -0.4 is 15.0 Å². The molecule has 1 aliphatic carbocycles. The Kier molecular flexibility index (Phi) is 6.22. The Morgan fingerprint density at radius 2 is 2.09 bits per heavy atom. The molecule has 1 N–H and O–H groups in total. The zero-order valence-corrected chi connectivity index (χ0v) is 18.8. The van der Waals surface area contributed by atoms with Crippen molar-refractivity contribution in [3.8, 4) is 5.88 Å². The van der Waals surface area contributed by atoms with Crippen LogP contribution in [0.1, 0.15) is 24.2 Å². The third-order valence-electron chi connectivity index (χ3n) is 6.40. The van der Waals surface area contributed by atoms with E-state index < -0.39 is 6.43 Å². The van der Waals surface area contributed by atoms with Gasteiger partial charge in [-0.05, 0) is 37.5 Å². The van der Waals surface area contributed by atoms with Crippen molar-refractivity contribution in [3.05, 3.63) is 41.2 Å². The molecule has 2 saturated heterocycles. The minimum atomic E-state index is -2.44. The number of allylic oxidation sites excluding steroid dienone is 4. The van der Waals surface area contributed by atoms with Crippen molar-refractivity contribution in [2.75, 3.05) is 37.6 Å². The maximum atomic E-state index is 12.9. The second-order valence-electron chi connectivity index (χ2n) is 8.58. The van der Waals surface area contributed by atoms with E-state index in [0.717, 1.165) is 31.0 Å². The molecule has 1 unspecified atom stereocenters. The molecule has 2 aromatic rings. The number of alkyl halides is 2. The number of carbonyl (C=O) groups is 1. The van der Waals surface area contributed by atoms with Crippen molar-refractivity contribution in [2.24, 2.45) is 0 Å². The molecule has 2 aliphatic heterocycles. The summed E-state index contributed by atoms with van der Waals surface area (Å²) in [5.74, 6) is 1.06. The van der Waals surface area contributed by atoms with Gasteiger partial charge in [0.25, 0.3) is 6.43 Å². The van der Waals surface area contributed by atoms with E-state index in [2.05, 4.69) is 25.8 Å². The van der Waals surface area contributed by atoms with Crippen LogP contribution in [-0.2, 0) is 11.4 Å². The van der Waals surface area contributed by atoms with Crippen molar-refractivity contribution >= 4 is 17.4 Å². The monoisotopic (exact) mass is 472 g/mol. The maximum absolute atomic E-state index is 12.9. The molecule has 5 rings (SSSR count). The summed E-state index contributed by atoms with van der Waals surface area (Å²) in [6.07, 6.45) is 1.39. The molecule has 10 nitrogen and oxygen atoms in total. The summed E-state index contributed by atoms with van der Waals surface area (Å²) in [6, 6.07) is 3.65. The van der Waals surface area contributed by atoms with Crippen LogP contribution in [0.25, 0.3) is 5.70 Å². The van der Waals surface area contributed by atoms with E-state index in [4.69, 9.17) is 4.74 Å². The highest BCUT2D eigenvalue weighted by Gasteiger charge is 2.34. The summed E-state index contributed by atoms with van der Waals surface area (Å²) in [7, 11) is 0. The minimum absolute atomic E-state index is 0.101. The molecular formula is C22H26F2N8O2. The highest BCUT2D eigenvalue weighted by atomic mass is 19.3. The van der Waals surface area contributed by atoms with Crippen LogP contribution in [-0.4, -0.2) is 81.2 Å². The Balaban J connectivity index is 1.24. The fourth-order valence-corrected chi connectivity index (χ4v) is 4.47. The molecule has 0 saturated carbocycles. The number of carbonyl (C=O) groups excluding carboxylic acids is 1. The summed E-state index contributed by atoms with van der Waals surface area (Å²) in [4.78, 5) is 16.4. The summed E-state index contributed by atoms with van der Waals surface area (Å²) < 4.78 is 33.3. The van der Waals surface area contributed by atoms with E-state index in [1.807, 2.05) is 16.7 Å². The first-order chi connectivity index (χ1) is 16.5. The summed E-state index contributed by atoms with van der Waals surface area (Å²) in [5, 5.41) is 20.0. The molecule has 4 heterocycles. The fourth-order valence-electron chi connectivity index (χ4n) is 4.47. The molecule has 2 fully saturated rings. The van der Waals surface area contributed by atoms with Gasteiger partial charge >= 0.3 is 0 Å². The minimum Gasteiger partial charge on any atom is -0.470 e. The molecule has 0 aromatic carbocycles. The Bertz CT molecular complexity index is 1110. The molecule has 12 heteroatoms. The number of nitrogens with one attached hydrogen (secondary N) is 1. The van der Waals surface area contributed by atoms with Gasteiger partial charge in [-0.15, -0.1) is 15.3 Å². The normalized spacial score (nSPS) is 20.8. The van der Waals surface area contributed by atoms with Gasteiger partial charge in [-0.2, -0.15) is 0 Å². The molecule has 3 aliphatic rings. The smallest absolute Gasteiger partial charge is 0.260 e. The highest BCUT2D eigenvalue weighted by molar-refractivity contribution is 5.83. The molecule has 34 heavy (non-hydrogen) atoms. The van der Waals surface area contributed by atoms with Gasteiger partial charge < -0.3 is 19.9 Å². The van der Waals surface area contributed by atoms with Gasteiger partial charge in [-0.1, -0.05) is 11.3 Å². The number of aryl methyl sites for hydroxylation is 1. The second-order valence-corrected chi connectivity index (χ2v) is 8.58. The van der Waals surface area contributed by atoms with Gasteiger partial charge in [0.1, 0.15) is 12.3 Å². The first-order valence-corrected chi connectivity index (χ1v) is 11.3. The predicted molar refractivity (Wildman–Crippen MR) is 119 cm³/mol. The van der Waals surface area contributed by atoms with E-state index in [9.17, 15) is 13.6 Å². The first kappa shape index (κ1) is 22.4. The zero-order valence-electron chi connectivity index (χ0n) is 18.8. The lowest BCUT2D eigenvalue weighted by Crippen LogP contribution is -2.63. The number of halogens is 2. The van der Waals surface area contributed by atoms with E-state index >= 15 is 0 Å². The molecule has 2 aromatic heterocycles. The van der Waals surface area contributed by atoms with Gasteiger partial charge in [0.15, 0.2) is 5.82 Å². The fraction of sp³-hybridized carbons (Fsp3) is 0.500. The molecule has 180 valence electrons. The molecule has 0 bridgehead atoms. The lowest BCUT2D eigenvalue weighted by Gasteiger charge is -2.44.